The Morgan fingerprint density at radius 3 is 2.67 bits per heavy atom. The first-order valence-corrected chi connectivity index (χ1v) is 4.59. The third-order valence-corrected chi connectivity index (χ3v) is 2.57. The van der Waals surface area contributed by atoms with E-state index in [1.165, 1.54) is 6.92 Å². The molecule has 0 bridgehead atoms. The van der Waals surface area contributed by atoms with Gasteiger partial charge in [0.05, 0.1) is 6.54 Å². The predicted molar refractivity (Wildman–Crippen MR) is 41.2 cm³/mol. The molecule has 1 N–H and O–H groups in total. The van der Waals surface area contributed by atoms with E-state index in [-0.39, 0.29) is 12.4 Å². The summed E-state index contributed by atoms with van der Waals surface area (Å²) in [5.41, 5.74) is 0. The van der Waals surface area contributed by atoms with E-state index in [1.807, 2.05) is 0 Å². The Labute approximate surface area is 69.8 Å². The molecule has 0 spiro atoms. The molecule has 0 radical (unpaired) electrons. The van der Waals surface area contributed by atoms with Crippen molar-refractivity contribution in [1.29, 1.82) is 0 Å². The fraction of sp³-hybridized carbons (Fsp3) is 0.600. The van der Waals surface area contributed by atoms with Crippen LogP contribution in [0.3, 0.4) is 0 Å². The van der Waals surface area contributed by atoms with Crippen molar-refractivity contribution in [2.75, 3.05) is 6.54 Å². The number of nitrogens with zero attached hydrogens (tertiary/aromatic N) is 2. The molecule has 1 heterocycles. The Kier molecular flexibility index (Phi) is 2.16. The Hall–Kier alpha value is -0.950. The first kappa shape index (κ1) is 9.14. The summed E-state index contributed by atoms with van der Waals surface area (Å²) in [6.45, 7) is 1.49. The zero-order valence-electron chi connectivity index (χ0n) is 6.34. The molecular formula is C5H8N2O4S. The van der Waals surface area contributed by atoms with Crippen molar-refractivity contribution in [2.45, 2.75) is 13.0 Å². The van der Waals surface area contributed by atoms with Crippen LogP contribution in [0.2, 0.25) is 0 Å². The number of rotatable bonds is 2. The third kappa shape index (κ3) is 1.46. The zero-order chi connectivity index (χ0) is 9.35. The number of aldehydes is 1. The fourth-order valence-corrected chi connectivity index (χ4v) is 1.90. The van der Waals surface area contributed by atoms with Gasteiger partial charge in [-0.05, 0) is 6.92 Å². The van der Waals surface area contributed by atoms with Crippen LogP contribution < -0.4 is 0 Å². The van der Waals surface area contributed by atoms with Crippen LogP contribution in [0.5, 0.6) is 0 Å². The summed E-state index contributed by atoms with van der Waals surface area (Å²) < 4.78 is 30.6. The molecule has 1 unspecified atom stereocenters. The van der Waals surface area contributed by atoms with Crippen LogP contribution in [0.15, 0.2) is 4.99 Å². The third-order valence-electron chi connectivity index (χ3n) is 1.53. The molecule has 0 amide bonds. The molecule has 0 aromatic carbocycles. The van der Waals surface area contributed by atoms with Crippen LogP contribution >= 0.6 is 0 Å². The van der Waals surface area contributed by atoms with E-state index in [9.17, 15) is 13.2 Å². The lowest BCUT2D eigenvalue weighted by Gasteiger charge is -2.17. The highest BCUT2D eigenvalue weighted by Gasteiger charge is 2.33. The Balaban J connectivity index is 3.01. The van der Waals surface area contributed by atoms with Crippen LogP contribution in [0.1, 0.15) is 6.92 Å². The summed E-state index contributed by atoms with van der Waals surface area (Å²) in [6, 6.07) is -0.889. The number of hydrogen-bond acceptors (Lipinski definition) is 4. The highest BCUT2D eigenvalue weighted by atomic mass is 32.2. The summed E-state index contributed by atoms with van der Waals surface area (Å²) in [5.74, 6) is 0.134. The van der Waals surface area contributed by atoms with E-state index >= 15 is 0 Å². The van der Waals surface area contributed by atoms with Gasteiger partial charge in [-0.3, -0.25) is 9.55 Å². The van der Waals surface area contributed by atoms with Crippen molar-refractivity contribution in [1.82, 2.24) is 4.31 Å². The van der Waals surface area contributed by atoms with Gasteiger partial charge < -0.3 is 4.79 Å². The van der Waals surface area contributed by atoms with Crippen LogP contribution in [-0.4, -0.2) is 42.0 Å². The van der Waals surface area contributed by atoms with Crippen molar-refractivity contribution in [2.24, 2.45) is 4.99 Å². The standard InChI is InChI=1S/C5H8N2O4S/c1-4-6-2-5(3-8)7(4)12(9,10)11/h3,5H,2H2,1H3,(H,9,10,11). The van der Waals surface area contributed by atoms with Crippen LogP contribution in [-0.2, 0) is 15.1 Å². The molecule has 1 rings (SSSR count). The molecule has 12 heavy (non-hydrogen) atoms. The first-order valence-electron chi connectivity index (χ1n) is 3.20. The summed E-state index contributed by atoms with van der Waals surface area (Å²) in [6.07, 6.45) is 0.438. The molecular weight excluding hydrogens is 184 g/mol. The van der Waals surface area contributed by atoms with Gasteiger partial charge in [-0.2, -0.15) is 8.42 Å². The molecule has 0 saturated carbocycles. The van der Waals surface area contributed by atoms with E-state index in [1.54, 1.807) is 0 Å². The normalized spacial score (nSPS) is 24.0. The molecule has 0 fully saturated rings. The maximum Gasteiger partial charge on any atom is 0.361 e. The summed E-state index contributed by atoms with van der Waals surface area (Å²) >= 11 is 0. The van der Waals surface area contributed by atoms with Crippen molar-refractivity contribution < 1.29 is 17.8 Å². The Morgan fingerprint density at radius 2 is 2.33 bits per heavy atom. The SMILES string of the molecule is CC1=NCC(C=O)N1S(=O)(=O)O. The summed E-state index contributed by atoms with van der Waals surface area (Å²) in [5, 5.41) is 0. The van der Waals surface area contributed by atoms with Gasteiger partial charge in [0.1, 0.15) is 18.2 Å². The van der Waals surface area contributed by atoms with E-state index in [4.69, 9.17) is 4.55 Å². The number of aliphatic imine (C=N–C) groups is 1. The van der Waals surface area contributed by atoms with Crippen LogP contribution in [0, 0.1) is 0 Å². The van der Waals surface area contributed by atoms with Gasteiger partial charge in [-0.25, -0.2) is 4.31 Å². The van der Waals surface area contributed by atoms with Gasteiger partial charge in [0.25, 0.3) is 0 Å². The average Bonchev–Trinajstić information content (AvgIpc) is 2.29. The number of carbonyl (C=O) groups is 1. The van der Waals surface area contributed by atoms with Gasteiger partial charge in [0, 0.05) is 0 Å². The van der Waals surface area contributed by atoms with Crippen molar-refractivity contribution >= 4 is 22.4 Å². The second-order valence-corrected chi connectivity index (χ2v) is 3.65. The van der Waals surface area contributed by atoms with Gasteiger partial charge in [-0.15, -0.1) is 0 Å². The number of hydrogen-bond donors (Lipinski definition) is 1. The Morgan fingerprint density at radius 1 is 1.75 bits per heavy atom. The molecule has 0 aromatic rings. The largest absolute Gasteiger partial charge is 0.361 e. The van der Waals surface area contributed by atoms with Gasteiger partial charge in [0.2, 0.25) is 0 Å². The second kappa shape index (κ2) is 2.83. The van der Waals surface area contributed by atoms with E-state index < -0.39 is 16.3 Å². The lowest BCUT2D eigenvalue weighted by atomic mass is 10.3. The van der Waals surface area contributed by atoms with E-state index in [0.29, 0.717) is 10.6 Å². The number of amidine groups is 1. The highest BCUT2D eigenvalue weighted by Crippen LogP contribution is 2.12. The predicted octanol–water partition coefficient (Wildman–Crippen LogP) is -0.909. The number of carbonyl (C=O) groups excluding carboxylic acids is 1. The monoisotopic (exact) mass is 192 g/mol. The lowest BCUT2D eigenvalue weighted by Crippen LogP contribution is -2.40. The fourth-order valence-electron chi connectivity index (χ4n) is 1.05. The molecule has 7 heteroatoms. The molecule has 1 aliphatic rings. The molecule has 6 nitrogen and oxygen atoms in total. The molecule has 0 aromatic heterocycles. The van der Waals surface area contributed by atoms with Crippen molar-refractivity contribution in [3.05, 3.63) is 0 Å². The lowest BCUT2D eigenvalue weighted by molar-refractivity contribution is -0.109. The molecule has 1 atom stereocenters. The van der Waals surface area contributed by atoms with E-state index in [2.05, 4.69) is 4.99 Å². The van der Waals surface area contributed by atoms with Gasteiger partial charge in [-0.1, -0.05) is 0 Å². The van der Waals surface area contributed by atoms with Crippen molar-refractivity contribution in [3.8, 4) is 0 Å². The zero-order valence-corrected chi connectivity index (χ0v) is 7.15. The molecule has 68 valence electrons. The van der Waals surface area contributed by atoms with E-state index in [0.717, 1.165) is 0 Å². The minimum absolute atomic E-state index is 0.0785. The maximum absolute atomic E-state index is 10.7. The maximum atomic E-state index is 10.7. The van der Waals surface area contributed by atoms with Crippen LogP contribution in [0.25, 0.3) is 0 Å². The minimum Gasteiger partial charge on any atom is -0.301 e. The topological polar surface area (TPSA) is 87.0 Å². The summed E-state index contributed by atoms with van der Waals surface area (Å²) in [4.78, 5) is 14.0. The van der Waals surface area contributed by atoms with Gasteiger partial charge in [0.15, 0.2) is 0 Å². The molecule has 0 aliphatic carbocycles. The molecule has 1 aliphatic heterocycles. The molecule has 0 saturated heterocycles. The van der Waals surface area contributed by atoms with Crippen molar-refractivity contribution in [3.63, 3.8) is 0 Å². The average molecular weight is 192 g/mol. The van der Waals surface area contributed by atoms with Gasteiger partial charge >= 0.3 is 10.3 Å². The first-order chi connectivity index (χ1) is 5.46. The summed E-state index contributed by atoms with van der Waals surface area (Å²) in [7, 11) is -4.34. The quantitative estimate of drug-likeness (QED) is 0.453. The second-order valence-electron chi connectivity index (χ2n) is 2.36. The Bertz CT molecular complexity index is 320. The minimum atomic E-state index is -4.34. The van der Waals surface area contributed by atoms with Crippen LogP contribution in [0.4, 0.5) is 0 Å². The highest BCUT2D eigenvalue weighted by molar-refractivity contribution is 7.84. The smallest absolute Gasteiger partial charge is 0.301 e.